The summed E-state index contributed by atoms with van der Waals surface area (Å²) < 4.78 is 5.77. The van der Waals surface area contributed by atoms with Crippen LogP contribution in [0.1, 0.15) is 22.3 Å². The number of methoxy groups -OCH3 is 1. The number of nitriles is 1. The topological polar surface area (TPSA) is 79.3 Å². The van der Waals surface area contributed by atoms with Gasteiger partial charge in [-0.2, -0.15) is 5.26 Å². The van der Waals surface area contributed by atoms with Crippen molar-refractivity contribution in [3.8, 4) is 6.07 Å². The largest absolute Gasteiger partial charge is 0.398 e. The van der Waals surface area contributed by atoms with Crippen molar-refractivity contribution in [2.24, 2.45) is 0 Å². The molecule has 5 nitrogen and oxygen atoms in total. The van der Waals surface area contributed by atoms with Crippen LogP contribution in [0.5, 0.6) is 0 Å². The number of nitrogen functional groups attached to an aromatic ring is 1. The number of carbonyl (C=O) groups is 1. The van der Waals surface area contributed by atoms with Crippen LogP contribution in [0.15, 0.2) is 16.6 Å². The molecule has 0 fully saturated rings. The van der Waals surface area contributed by atoms with Gasteiger partial charge >= 0.3 is 0 Å². The van der Waals surface area contributed by atoms with E-state index in [1.54, 1.807) is 24.1 Å². The highest BCUT2D eigenvalue weighted by atomic mass is 79.9. The molecule has 108 valence electrons. The first-order valence-corrected chi connectivity index (χ1v) is 7.01. The summed E-state index contributed by atoms with van der Waals surface area (Å²) in [7, 11) is 1.58. The van der Waals surface area contributed by atoms with Gasteiger partial charge in [0.15, 0.2) is 0 Å². The normalized spacial score (nSPS) is 10.1. The Kier molecular flexibility index (Phi) is 6.49. The summed E-state index contributed by atoms with van der Waals surface area (Å²) >= 11 is 3.34. The quantitative estimate of drug-likeness (QED) is 0.806. The molecule has 2 N–H and O–H groups in total. The van der Waals surface area contributed by atoms with E-state index in [0.29, 0.717) is 30.9 Å². The molecule has 6 heteroatoms. The fourth-order valence-electron chi connectivity index (χ4n) is 1.79. The summed E-state index contributed by atoms with van der Waals surface area (Å²) in [4.78, 5) is 14.2. The van der Waals surface area contributed by atoms with Gasteiger partial charge in [0.1, 0.15) is 0 Å². The third kappa shape index (κ3) is 4.22. The molecule has 0 saturated carbocycles. The lowest BCUT2D eigenvalue weighted by molar-refractivity contribution is 0.0699. The molecule has 0 saturated heterocycles. The van der Waals surface area contributed by atoms with E-state index < -0.39 is 0 Å². The van der Waals surface area contributed by atoms with E-state index in [1.165, 1.54) is 0 Å². The molecule has 0 radical (unpaired) electrons. The Labute approximate surface area is 127 Å². The second kappa shape index (κ2) is 7.88. The molecule has 0 bridgehead atoms. The molecular formula is C14H18BrN3O2. The van der Waals surface area contributed by atoms with Crippen molar-refractivity contribution >= 4 is 27.5 Å². The molecule has 0 spiro atoms. The highest BCUT2D eigenvalue weighted by molar-refractivity contribution is 9.10. The van der Waals surface area contributed by atoms with E-state index in [9.17, 15) is 4.79 Å². The Morgan fingerprint density at radius 2 is 2.20 bits per heavy atom. The summed E-state index contributed by atoms with van der Waals surface area (Å²) in [5.41, 5.74) is 7.74. The monoisotopic (exact) mass is 339 g/mol. The van der Waals surface area contributed by atoms with E-state index in [1.807, 2.05) is 13.0 Å². The number of hydrogen-bond donors (Lipinski definition) is 1. The minimum atomic E-state index is -0.136. The van der Waals surface area contributed by atoms with Crippen molar-refractivity contribution in [2.75, 3.05) is 32.5 Å². The lowest BCUT2D eigenvalue weighted by Crippen LogP contribution is -2.35. The lowest BCUT2D eigenvalue weighted by atomic mass is 10.1. The molecular weight excluding hydrogens is 322 g/mol. The Balaban J connectivity index is 3.02. The van der Waals surface area contributed by atoms with E-state index in [-0.39, 0.29) is 12.3 Å². The van der Waals surface area contributed by atoms with Crippen LogP contribution in [-0.2, 0) is 4.74 Å². The maximum atomic E-state index is 12.6. The lowest BCUT2D eigenvalue weighted by Gasteiger charge is -2.22. The number of nitrogens with zero attached hydrogens (tertiary/aromatic N) is 2. The molecule has 0 aromatic heterocycles. The van der Waals surface area contributed by atoms with Gasteiger partial charge in [-0.25, -0.2) is 0 Å². The van der Waals surface area contributed by atoms with Gasteiger partial charge in [-0.1, -0.05) is 15.9 Å². The van der Waals surface area contributed by atoms with Crippen molar-refractivity contribution in [2.45, 2.75) is 13.3 Å². The van der Waals surface area contributed by atoms with Crippen LogP contribution in [0.25, 0.3) is 0 Å². The molecule has 1 aromatic rings. The molecule has 1 rings (SSSR count). The molecule has 0 aliphatic rings. The van der Waals surface area contributed by atoms with Crippen molar-refractivity contribution in [3.63, 3.8) is 0 Å². The van der Waals surface area contributed by atoms with Crippen LogP contribution in [0.4, 0.5) is 5.69 Å². The summed E-state index contributed by atoms with van der Waals surface area (Å²) in [5, 5.41) is 8.69. The van der Waals surface area contributed by atoms with Gasteiger partial charge in [0.2, 0.25) is 0 Å². The zero-order chi connectivity index (χ0) is 15.1. The van der Waals surface area contributed by atoms with Crippen LogP contribution in [-0.4, -0.2) is 37.6 Å². The summed E-state index contributed by atoms with van der Waals surface area (Å²) in [6.07, 6.45) is 0.290. The molecule has 0 heterocycles. The van der Waals surface area contributed by atoms with Crippen molar-refractivity contribution in [1.29, 1.82) is 5.26 Å². The number of ether oxygens (including phenoxy) is 1. The van der Waals surface area contributed by atoms with Gasteiger partial charge in [-0.15, -0.1) is 0 Å². The Hall–Kier alpha value is -1.58. The van der Waals surface area contributed by atoms with Crippen molar-refractivity contribution in [1.82, 2.24) is 4.90 Å². The molecule has 1 amide bonds. The van der Waals surface area contributed by atoms with E-state index in [4.69, 9.17) is 15.7 Å². The Bertz CT molecular complexity index is 526. The first-order valence-electron chi connectivity index (χ1n) is 6.22. The predicted octanol–water partition coefficient (Wildman–Crippen LogP) is 2.34. The smallest absolute Gasteiger partial charge is 0.254 e. The zero-order valence-corrected chi connectivity index (χ0v) is 13.2. The van der Waals surface area contributed by atoms with Crippen LogP contribution in [0.2, 0.25) is 0 Å². The molecule has 0 aliphatic carbocycles. The molecule has 0 aliphatic heterocycles. The molecule has 0 atom stereocenters. The third-order valence-corrected chi connectivity index (χ3v) is 3.45. The maximum Gasteiger partial charge on any atom is 0.254 e. The van der Waals surface area contributed by atoms with Gasteiger partial charge in [0, 0.05) is 35.9 Å². The number of halogens is 1. The van der Waals surface area contributed by atoms with Crippen LogP contribution in [0.3, 0.4) is 0 Å². The summed E-state index contributed by atoms with van der Waals surface area (Å²) in [6.45, 7) is 3.07. The van der Waals surface area contributed by atoms with Gasteiger partial charge in [-0.05, 0) is 24.6 Å². The fourth-order valence-corrected chi connectivity index (χ4v) is 2.27. The average molecular weight is 340 g/mol. The number of amides is 1. The zero-order valence-electron chi connectivity index (χ0n) is 11.6. The van der Waals surface area contributed by atoms with Crippen LogP contribution >= 0.6 is 15.9 Å². The van der Waals surface area contributed by atoms with Crippen LogP contribution < -0.4 is 5.73 Å². The minimum Gasteiger partial charge on any atom is -0.398 e. The molecule has 20 heavy (non-hydrogen) atoms. The van der Waals surface area contributed by atoms with Crippen LogP contribution in [0, 0.1) is 18.3 Å². The van der Waals surface area contributed by atoms with Crippen molar-refractivity contribution < 1.29 is 9.53 Å². The van der Waals surface area contributed by atoms with Gasteiger partial charge in [0.05, 0.1) is 19.1 Å². The number of hydrogen-bond acceptors (Lipinski definition) is 4. The number of anilines is 1. The Morgan fingerprint density at radius 3 is 2.80 bits per heavy atom. The van der Waals surface area contributed by atoms with Gasteiger partial charge in [0.25, 0.3) is 5.91 Å². The predicted molar refractivity (Wildman–Crippen MR) is 81.3 cm³/mol. The average Bonchev–Trinajstić information content (AvgIpc) is 2.42. The van der Waals surface area contributed by atoms with E-state index in [2.05, 4.69) is 15.9 Å². The molecule has 0 unspecified atom stereocenters. The van der Waals surface area contributed by atoms with Crippen molar-refractivity contribution in [3.05, 3.63) is 27.7 Å². The summed E-state index contributed by atoms with van der Waals surface area (Å²) in [5.74, 6) is -0.136. The van der Waals surface area contributed by atoms with E-state index in [0.717, 1.165) is 10.0 Å². The second-order valence-electron chi connectivity index (χ2n) is 4.36. The highest BCUT2D eigenvalue weighted by Gasteiger charge is 2.19. The SMILES string of the molecule is COCCN(CCC#N)C(=O)c1cc(Br)cc(N)c1C. The standard InChI is InChI=1S/C14H18BrN3O2/c1-10-12(8-11(15)9-13(10)17)14(19)18(5-3-4-16)6-7-20-2/h8-9H,3,5-7,17H2,1-2H3. The minimum absolute atomic E-state index is 0.136. The van der Waals surface area contributed by atoms with Gasteiger partial charge in [-0.3, -0.25) is 4.79 Å². The van der Waals surface area contributed by atoms with Gasteiger partial charge < -0.3 is 15.4 Å². The maximum absolute atomic E-state index is 12.6. The number of benzene rings is 1. The first kappa shape index (κ1) is 16.5. The molecule has 1 aromatic carbocycles. The second-order valence-corrected chi connectivity index (χ2v) is 5.28. The Morgan fingerprint density at radius 1 is 1.50 bits per heavy atom. The summed E-state index contributed by atoms with van der Waals surface area (Å²) in [6, 6.07) is 5.56. The number of nitrogens with two attached hydrogens (primary N) is 1. The van der Waals surface area contributed by atoms with E-state index >= 15 is 0 Å². The number of carbonyl (C=O) groups excluding carboxylic acids is 1. The number of rotatable bonds is 6. The fraction of sp³-hybridized carbons (Fsp3) is 0.429. The highest BCUT2D eigenvalue weighted by Crippen LogP contribution is 2.24. The first-order chi connectivity index (χ1) is 9.51. The third-order valence-electron chi connectivity index (χ3n) is 2.99.